The van der Waals surface area contributed by atoms with Crippen molar-refractivity contribution in [1.82, 2.24) is 10.2 Å². The van der Waals surface area contributed by atoms with E-state index in [1.54, 1.807) is 67.8 Å². The van der Waals surface area contributed by atoms with Crippen LogP contribution in [0.2, 0.25) is 5.02 Å². The standard InChI is InChI=1S/C30H36ClN3O5S/c1-4-6-19-32-30(36)27(5-2)33(21-23-13-12-14-24(20-23)39-3)29(35)22-34(28-18-11-10-17-26(28)31)40(37,38)25-15-8-7-9-16-25/h7-18,20,27H,4-6,19,21-22H2,1-3H3,(H,32,36)/t27-/m0/s1. The highest BCUT2D eigenvalue weighted by molar-refractivity contribution is 7.92. The minimum atomic E-state index is -4.18. The van der Waals surface area contributed by atoms with Gasteiger partial charge in [-0.2, -0.15) is 0 Å². The zero-order valence-electron chi connectivity index (χ0n) is 23.0. The number of carbonyl (C=O) groups is 2. The fourth-order valence-electron chi connectivity index (χ4n) is 4.28. The second-order valence-corrected chi connectivity index (χ2v) is 11.5. The summed E-state index contributed by atoms with van der Waals surface area (Å²) in [6, 6.07) is 20.7. The van der Waals surface area contributed by atoms with E-state index in [9.17, 15) is 18.0 Å². The molecule has 0 unspecified atom stereocenters. The zero-order chi connectivity index (χ0) is 29.1. The number of para-hydroxylation sites is 1. The Morgan fingerprint density at radius 2 is 1.68 bits per heavy atom. The number of halogens is 1. The van der Waals surface area contributed by atoms with Crippen LogP contribution in [-0.4, -0.2) is 51.4 Å². The molecular formula is C30H36ClN3O5S. The molecule has 0 saturated carbocycles. The van der Waals surface area contributed by atoms with Crippen molar-refractivity contribution < 1.29 is 22.7 Å². The number of ether oxygens (including phenoxy) is 1. The summed E-state index contributed by atoms with van der Waals surface area (Å²) in [5.74, 6) is -0.225. The summed E-state index contributed by atoms with van der Waals surface area (Å²) < 4.78 is 34.0. The quantitative estimate of drug-likeness (QED) is 0.260. The molecule has 0 spiro atoms. The van der Waals surface area contributed by atoms with Crippen LogP contribution in [0.3, 0.4) is 0 Å². The smallest absolute Gasteiger partial charge is 0.264 e. The number of nitrogens with zero attached hydrogens (tertiary/aromatic N) is 2. The van der Waals surface area contributed by atoms with Gasteiger partial charge >= 0.3 is 0 Å². The molecule has 0 radical (unpaired) electrons. The number of anilines is 1. The third-order valence-corrected chi connectivity index (χ3v) is 8.53. The normalized spacial score (nSPS) is 11.9. The van der Waals surface area contributed by atoms with Gasteiger partial charge in [0.25, 0.3) is 10.0 Å². The Labute approximate surface area is 241 Å². The van der Waals surface area contributed by atoms with E-state index >= 15 is 0 Å². The van der Waals surface area contributed by atoms with Crippen LogP contribution in [0.4, 0.5) is 5.69 Å². The van der Waals surface area contributed by atoms with Gasteiger partial charge < -0.3 is 15.0 Å². The van der Waals surface area contributed by atoms with Crippen LogP contribution in [0.15, 0.2) is 83.8 Å². The molecule has 0 saturated heterocycles. The molecule has 3 aromatic rings. The Morgan fingerprint density at radius 1 is 0.975 bits per heavy atom. The maximum Gasteiger partial charge on any atom is 0.264 e. The number of methoxy groups -OCH3 is 1. The molecule has 0 heterocycles. The molecule has 3 rings (SSSR count). The Hall–Kier alpha value is -3.56. The topological polar surface area (TPSA) is 96.0 Å². The molecule has 0 aromatic heterocycles. The van der Waals surface area contributed by atoms with Gasteiger partial charge in [-0.3, -0.25) is 13.9 Å². The lowest BCUT2D eigenvalue weighted by Gasteiger charge is -2.33. The Bertz CT molecular complexity index is 1380. The molecule has 0 aliphatic rings. The largest absolute Gasteiger partial charge is 0.497 e. The van der Waals surface area contributed by atoms with E-state index in [1.807, 2.05) is 19.9 Å². The molecule has 1 N–H and O–H groups in total. The first-order valence-electron chi connectivity index (χ1n) is 13.2. The Kier molecular flexibility index (Phi) is 11.4. The highest BCUT2D eigenvalue weighted by Gasteiger charge is 2.34. The van der Waals surface area contributed by atoms with E-state index in [2.05, 4.69) is 5.32 Å². The summed E-state index contributed by atoms with van der Waals surface area (Å²) in [5, 5.41) is 3.10. The molecular weight excluding hydrogens is 550 g/mol. The van der Waals surface area contributed by atoms with Crippen molar-refractivity contribution >= 4 is 39.1 Å². The van der Waals surface area contributed by atoms with E-state index in [0.29, 0.717) is 18.7 Å². The van der Waals surface area contributed by atoms with Gasteiger partial charge in [0.15, 0.2) is 0 Å². The van der Waals surface area contributed by atoms with Gasteiger partial charge in [0, 0.05) is 13.1 Å². The second-order valence-electron chi connectivity index (χ2n) is 9.22. The number of amides is 2. The van der Waals surface area contributed by atoms with Crippen molar-refractivity contribution in [1.29, 1.82) is 0 Å². The molecule has 8 nitrogen and oxygen atoms in total. The highest BCUT2D eigenvalue weighted by atomic mass is 35.5. The summed E-state index contributed by atoms with van der Waals surface area (Å²) in [4.78, 5) is 28.8. The predicted octanol–water partition coefficient (Wildman–Crippen LogP) is 5.27. The van der Waals surface area contributed by atoms with Gasteiger partial charge in [0.2, 0.25) is 11.8 Å². The molecule has 0 bridgehead atoms. The van der Waals surface area contributed by atoms with Crippen LogP contribution in [0.1, 0.15) is 38.7 Å². The van der Waals surface area contributed by atoms with Gasteiger partial charge in [-0.05, 0) is 54.8 Å². The molecule has 1 atom stereocenters. The molecule has 3 aromatic carbocycles. The van der Waals surface area contributed by atoms with Crippen molar-refractivity contribution in [3.05, 3.63) is 89.4 Å². The fourth-order valence-corrected chi connectivity index (χ4v) is 6.02. The number of unbranched alkanes of at least 4 members (excludes halogenated alkanes) is 1. The number of nitrogens with one attached hydrogen (secondary N) is 1. The van der Waals surface area contributed by atoms with Gasteiger partial charge in [-0.1, -0.05) is 74.3 Å². The summed E-state index contributed by atoms with van der Waals surface area (Å²) >= 11 is 6.44. The summed E-state index contributed by atoms with van der Waals surface area (Å²) in [6.45, 7) is 3.86. The first kappa shape index (κ1) is 31.0. The number of sulfonamides is 1. The third kappa shape index (κ3) is 7.76. The van der Waals surface area contributed by atoms with Crippen LogP contribution >= 0.6 is 11.6 Å². The molecule has 0 aliphatic carbocycles. The molecule has 0 aliphatic heterocycles. The predicted molar refractivity (Wildman–Crippen MR) is 158 cm³/mol. The highest BCUT2D eigenvalue weighted by Crippen LogP contribution is 2.31. The Morgan fingerprint density at radius 3 is 2.33 bits per heavy atom. The first-order chi connectivity index (χ1) is 19.2. The maximum atomic E-state index is 14.1. The first-order valence-corrected chi connectivity index (χ1v) is 15.1. The minimum absolute atomic E-state index is 0.0198. The molecule has 214 valence electrons. The van der Waals surface area contributed by atoms with E-state index < -0.39 is 28.5 Å². The monoisotopic (exact) mass is 585 g/mol. The number of benzene rings is 3. The van der Waals surface area contributed by atoms with Crippen LogP contribution in [0.5, 0.6) is 5.75 Å². The van der Waals surface area contributed by atoms with Crippen molar-refractivity contribution in [3.63, 3.8) is 0 Å². The lowest BCUT2D eigenvalue weighted by Crippen LogP contribution is -2.52. The number of hydrogen-bond donors (Lipinski definition) is 1. The number of hydrogen-bond acceptors (Lipinski definition) is 5. The maximum absolute atomic E-state index is 14.1. The number of carbonyl (C=O) groups excluding carboxylic acids is 2. The van der Waals surface area contributed by atoms with E-state index in [4.69, 9.17) is 16.3 Å². The molecule has 40 heavy (non-hydrogen) atoms. The fraction of sp³-hybridized carbons (Fsp3) is 0.333. The minimum Gasteiger partial charge on any atom is -0.497 e. The van der Waals surface area contributed by atoms with Crippen molar-refractivity contribution in [2.24, 2.45) is 0 Å². The van der Waals surface area contributed by atoms with Crippen molar-refractivity contribution in [2.75, 3.05) is 24.5 Å². The summed E-state index contributed by atoms with van der Waals surface area (Å²) in [5.41, 5.74) is 0.908. The average Bonchev–Trinajstić information content (AvgIpc) is 2.96. The van der Waals surface area contributed by atoms with Gasteiger partial charge in [0.05, 0.1) is 22.7 Å². The lowest BCUT2D eigenvalue weighted by atomic mass is 10.1. The zero-order valence-corrected chi connectivity index (χ0v) is 24.6. The molecule has 10 heteroatoms. The molecule has 0 fully saturated rings. The van der Waals surface area contributed by atoms with E-state index in [0.717, 1.165) is 22.7 Å². The second kappa shape index (κ2) is 14.7. The lowest BCUT2D eigenvalue weighted by molar-refractivity contribution is -0.140. The van der Waals surface area contributed by atoms with E-state index in [-0.39, 0.29) is 28.1 Å². The SMILES string of the molecule is CCCCNC(=O)[C@H](CC)N(Cc1cccc(OC)c1)C(=O)CN(c1ccccc1Cl)S(=O)(=O)c1ccccc1. The van der Waals surface area contributed by atoms with Crippen molar-refractivity contribution in [3.8, 4) is 5.75 Å². The number of rotatable bonds is 14. The van der Waals surface area contributed by atoms with Crippen LogP contribution < -0.4 is 14.4 Å². The molecule has 2 amide bonds. The van der Waals surface area contributed by atoms with Gasteiger partial charge in [-0.15, -0.1) is 0 Å². The van der Waals surface area contributed by atoms with Crippen LogP contribution in [0, 0.1) is 0 Å². The van der Waals surface area contributed by atoms with E-state index in [1.165, 1.54) is 17.0 Å². The van der Waals surface area contributed by atoms with Crippen molar-refractivity contribution in [2.45, 2.75) is 50.6 Å². The van der Waals surface area contributed by atoms with Gasteiger partial charge in [-0.25, -0.2) is 8.42 Å². The van der Waals surface area contributed by atoms with Gasteiger partial charge in [0.1, 0.15) is 18.3 Å². The summed E-state index contributed by atoms with van der Waals surface area (Å²) in [7, 11) is -2.63. The third-order valence-electron chi connectivity index (χ3n) is 6.43. The summed E-state index contributed by atoms with van der Waals surface area (Å²) in [6.07, 6.45) is 2.06. The average molecular weight is 586 g/mol. The van der Waals surface area contributed by atoms with Crippen LogP contribution in [0.25, 0.3) is 0 Å². The van der Waals surface area contributed by atoms with Crippen LogP contribution in [-0.2, 0) is 26.2 Å². The Balaban J connectivity index is 2.04.